The largest absolute Gasteiger partial charge is 0.381 e. The van der Waals surface area contributed by atoms with Gasteiger partial charge in [0.05, 0.1) is 0 Å². The molecule has 96 valence electrons. The molecule has 0 radical (unpaired) electrons. The zero-order chi connectivity index (χ0) is 11.7. The van der Waals surface area contributed by atoms with Crippen LogP contribution in [0.3, 0.4) is 0 Å². The van der Waals surface area contributed by atoms with Crippen LogP contribution >= 0.6 is 0 Å². The van der Waals surface area contributed by atoms with Gasteiger partial charge in [-0.1, -0.05) is 12.2 Å². The third-order valence-electron chi connectivity index (χ3n) is 5.09. The maximum Gasteiger partial charge on any atom is 0.0469 e. The van der Waals surface area contributed by atoms with Crippen LogP contribution in [0.25, 0.3) is 0 Å². The molecule has 1 aliphatic heterocycles. The lowest BCUT2D eigenvalue weighted by Gasteiger charge is -2.30. The second-order valence-electron chi connectivity index (χ2n) is 6.19. The summed E-state index contributed by atoms with van der Waals surface area (Å²) in [5, 5.41) is 3.79. The molecule has 1 N–H and O–H groups in total. The maximum atomic E-state index is 5.43. The first-order valence-electron chi connectivity index (χ1n) is 7.32. The Hall–Kier alpha value is -0.340. The van der Waals surface area contributed by atoms with Gasteiger partial charge in [-0.15, -0.1) is 0 Å². The van der Waals surface area contributed by atoms with Gasteiger partial charge in [-0.25, -0.2) is 0 Å². The summed E-state index contributed by atoms with van der Waals surface area (Å²) in [5.74, 6) is 3.53. The molecule has 0 aromatic carbocycles. The molecule has 0 spiro atoms. The van der Waals surface area contributed by atoms with E-state index in [1.54, 1.807) is 0 Å². The van der Waals surface area contributed by atoms with Crippen LogP contribution in [0, 0.1) is 23.7 Å². The summed E-state index contributed by atoms with van der Waals surface area (Å²) in [6.07, 6.45) is 10.2. The Morgan fingerprint density at radius 1 is 1.24 bits per heavy atom. The summed E-state index contributed by atoms with van der Waals surface area (Å²) in [7, 11) is 0. The fourth-order valence-corrected chi connectivity index (χ4v) is 3.85. The first-order chi connectivity index (χ1) is 8.33. The minimum absolute atomic E-state index is 0.669. The number of hydrogen-bond donors (Lipinski definition) is 1. The van der Waals surface area contributed by atoms with Gasteiger partial charge in [0.15, 0.2) is 0 Å². The molecule has 3 aliphatic rings. The molecule has 3 rings (SSSR count). The van der Waals surface area contributed by atoms with E-state index < -0.39 is 0 Å². The average molecular weight is 235 g/mol. The lowest BCUT2D eigenvalue weighted by atomic mass is 9.90. The van der Waals surface area contributed by atoms with Crippen molar-refractivity contribution in [3.05, 3.63) is 12.2 Å². The Morgan fingerprint density at radius 3 is 2.71 bits per heavy atom. The first kappa shape index (κ1) is 11.7. The molecule has 2 heteroatoms. The normalized spacial score (nSPS) is 38.8. The lowest BCUT2D eigenvalue weighted by Crippen LogP contribution is -2.39. The molecule has 2 fully saturated rings. The number of hydrogen-bond acceptors (Lipinski definition) is 2. The Kier molecular flexibility index (Phi) is 3.53. The van der Waals surface area contributed by atoms with Crippen LogP contribution in [0.5, 0.6) is 0 Å². The quantitative estimate of drug-likeness (QED) is 0.756. The van der Waals surface area contributed by atoms with Gasteiger partial charge in [-0.05, 0) is 62.8 Å². The molecule has 2 aliphatic carbocycles. The van der Waals surface area contributed by atoms with E-state index in [4.69, 9.17) is 4.74 Å². The van der Waals surface area contributed by atoms with Gasteiger partial charge in [0.2, 0.25) is 0 Å². The topological polar surface area (TPSA) is 21.3 Å². The summed E-state index contributed by atoms with van der Waals surface area (Å²) in [5.41, 5.74) is 0. The van der Waals surface area contributed by atoms with Crippen LogP contribution < -0.4 is 5.32 Å². The van der Waals surface area contributed by atoms with E-state index in [0.29, 0.717) is 6.04 Å². The summed E-state index contributed by atoms with van der Waals surface area (Å²) in [4.78, 5) is 0. The molecule has 1 saturated carbocycles. The molecule has 17 heavy (non-hydrogen) atoms. The van der Waals surface area contributed by atoms with Crippen molar-refractivity contribution in [1.82, 2.24) is 5.32 Å². The van der Waals surface area contributed by atoms with Gasteiger partial charge >= 0.3 is 0 Å². The van der Waals surface area contributed by atoms with Crippen molar-refractivity contribution in [3.8, 4) is 0 Å². The van der Waals surface area contributed by atoms with Crippen molar-refractivity contribution in [2.45, 2.75) is 38.6 Å². The molecule has 0 aromatic heterocycles. The summed E-state index contributed by atoms with van der Waals surface area (Å²) >= 11 is 0. The minimum atomic E-state index is 0.669. The van der Waals surface area contributed by atoms with Gasteiger partial charge < -0.3 is 10.1 Å². The number of allylic oxidation sites excluding steroid dienone is 2. The monoisotopic (exact) mass is 235 g/mol. The van der Waals surface area contributed by atoms with Crippen LogP contribution in [-0.2, 0) is 4.74 Å². The first-order valence-corrected chi connectivity index (χ1v) is 7.32. The highest BCUT2D eigenvalue weighted by Gasteiger charge is 2.35. The molecule has 1 heterocycles. The van der Waals surface area contributed by atoms with Crippen molar-refractivity contribution in [2.75, 3.05) is 19.8 Å². The average Bonchev–Trinajstić information content (AvgIpc) is 2.99. The third-order valence-corrected chi connectivity index (χ3v) is 5.09. The summed E-state index contributed by atoms with van der Waals surface area (Å²) in [6, 6.07) is 0.669. The molecule has 1 saturated heterocycles. The van der Waals surface area contributed by atoms with Crippen molar-refractivity contribution < 1.29 is 4.74 Å². The van der Waals surface area contributed by atoms with Crippen LogP contribution in [-0.4, -0.2) is 25.8 Å². The second kappa shape index (κ2) is 5.11. The molecule has 0 aromatic rings. The summed E-state index contributed by atoms with van der Waals surface area (Å²) in [6.45, 7) is 5.52. The second-order valence-corrected chi connectivity index (χ2v) is 6.19. The molecule has 2 nitrogen and oxygen atoms in total. The van der Waals surface area contributed by atoms with Gasteiger partial charge in [-0.2, -0.15) is 0 Å². The Labute approximate surface area is 105 Å². The predicted octanol–water partition coefficient (Wildman–Crippen LogP) is 2.60. The highest BCUT2D eigenvalue weighted by molar-refractivity contribution is 5.10. The highest BCUT2D eigenvalue weighted by Crippen LogP contribution is 2.43. The van der Waals surface area contributed by atoms with Crippen molar-refractivity contribution in [3.63, 3.8) is 0 Å². The summed E-state index contributed by atoms with van der Waals surface area (Å²) < 4.78 is 5.43. The number of ether oxygens (including phenoxy) is 1. The van der Waals surface area contributed by atoms with Crippen LogP contribution in [0.15, 0.2) is 12.2 Å². The molecular weight excluding hydrogens is 210 g/mol. The van der Waals surface area contributed by atoms with Crippen molar-refractivity contribution >= 4 is 0 Å². The Morgan fingerprint density at radius 2 is 2.06 bits per heavy atom. The molecule has 0 amide bonds. The van der Waals surface area contributed by atoms with E-state index >= 15 is 0 Å². The standard InChI is InChI=1S/C15H25NO/c1-11(13-4-6-17-7-5-13)16-10-15-9-12-2-3-14(15)8-12/h2-3,11-16H,4-10H2,1H3. The predicted molar refractivity (Wildman–Crippen MR) is 69.9 cm³/mol. The van der Waals surface area contributed by atoms with Gasteiger partial charge in [-0.3, -0.25) is 0 Å². The van der Waals surface area contributed by atoms with E-state index in [2.05, 4.69) is 24.4 Å². The zero-order valence-electron chi connectivity index (χ0n) is 10.9. The van der Waals surface area contributed by atoms with Crippen molar-refractivity contribution in [2.24, 2.45) is 23.7 Å². The van der Waals surface area contributed by atoms with Crippen LogP contribution in [0.1, 0.15) is 32.6 Å². The Bertz CT molecular complexity index is 283. The Balaban J connectivity index is 1.43. The fourth-order valence-electron chi connectivity index (χ4n) is 3.85. The number of fused-ring (bicyclic) bond motifs is 2. The zero-order valence-corrected chi connectivity index (χ0v) is 10.9. The fraction of sp³-hybridized carbons (Fsp3) is 0.867. The number of nitrogens with one attached hydrogen (secondary N) is 1. The van der Waals surface area contributed by atoms with E-state index in [1.165, 1.54) is 32.2 Å². The third kappa shape index (κ3) is 2.58. The molecular formula is C15H25NO. The van der Waals surface area contributed by atoms with Gasteiger partial charge in [0.1, 0.15) is 0 Å². The van der Waals surface area contributed by atoms with Gasteiger partial charge in [0, 0.05) is 19.3 Å². The number of rotatable bonds is 4. The maximum absolute atomic E-state index is 5.43. The van der Waals surface area contributed by atoms with Gasteiger partial charge in [0.25, 0.3) is 0 Å². The molecule has 4 unspecified atom stereocenters. The SMILES string of the molecule is CC(NCC1CC2C=CC1C2)C1CCOCC1. The lowest BCUT2D eigenvalue weighted by molar-refractivity contribution is 0.0553. The van der Waals surface area contributed by atoms with Crippen LogP contribution in [0.2, 0.25) is 0 Å². The van der Waals surface area contributed by atoms with E-state index in [0.717, 1.165) is 36.9 Å². The smallest absolute Gasteiger partial charge is 0.0469 e. The van der Waals surface area contributed by atoms with E-state index in [1.807, 2.05) is 0 Å². The minimum Gasteiger partial charge on any atom is -0.381 e. The molecule has 2 bridgehead atoms. The highest BCUT2D eigenvalue weighted by atomic mass is 16.5. The van der Waals surface area contributed by atoms with E-state index in [-0.39, 0.29) is 0 Å². The van der Waals surface area contributed by atoms with Crippen molar-refractivity contribution in [1.29, 1.82) is 0 Å². The molecule has 4 atom stereocenters. The van der Waals surface area contributed by atoms with Crippen LogP contribution in [0.4, 0.5) is 0 Å². The van der Waals surface area contributed by atoms with E-state index in [9.17, 15) is 0 Å².